The highest BCUT2D eigenvalue weighted by atomic mass is 35.5. The number of fused-ring (bicyclic) bond motifs is 1. The molecule has 1 heterocycles. The van der Waals surface area contributed by atoms with Gasteiger partial charge in [-0.2, -0.15) is 4.98 Å². The zero-order chi connectivity index (χ0) is 17.3. The number of ether oxygens (including phenoxy) is 1. The molecule has 0 spiro atoms. The molecule has 0 saturated heterocycles. The largest absolute Gasteiger partial charge is 0.465 e. The smallest absolute Gasteiger partial charge is 0.337 e. The summed E-state index contributed by atoms with van der Waals surface area (Å²) in [6, 6.07) is 8.95. The quantitative estimate of drug-likeness (QED) is 0.542. The third kappa shape index (κ3) is 3.25. The Labute approximate surface area is 146 Å². The molecule has 3 aromatic rings. The molecule has 3 rings (SSSR count). The molecule has 24 heavy (non-hydrogen) atoms. The Bertz CT molecular complexity index is 950. The van der Waals surface area contributed by atoms with Crippen LogP contribution in [0.2, 0.25) is 10.3 Å². The summed E-state index contributed by atoms with van der Waals surface area (Å²) in [6.45, 7) is 0. The molecule has 0 radical (unpaired) electrons. The molecule has 0 bridgehead atoms. The minimum Gasteiger partial charge on any atom is -0.465 e. The average Bonchev–Trinajstić information content (AvgIpc) is 2.55. The van der Waals surface area contributed by atoms with Crippen LogP contribution in [0.3, 0.4) is 0 Å². The molecule has 1 N–H and O–H groups in total. The van der Waals surface area contributed by atoms with Crippen molar-refractivity contribution >= 4 is 51.6 Å². The zero-order valence-electron chi connectivity index (χ0n) is 12.3. The molecule has 0 aliphatic rings. The van der Waals surface area contributed by atoms with Crippen LogP contribution >= 0.6 is 23.2 Å². The van der Waals surface area contributed by atoms with Crippen LogP contribution in [0.15, 0.2) is 36.4 Å². The summed E-state index contributed by atoms with van der Waals surface area (Å²) in [5, 5.41) is 3.67. The molecule has 122 valence electrons. The average molecular weight is 366 g/mol. The molecule has 0 aliphatic carbocycles. The molecular weight excluding hydrogens is 356 g/mol. The first-order valence-electron chi connectivity index (χ1n) is 6.75. The van der Waals surface area contributed by atoms with Gasteiger partial charge in [0.25, 0.3) is 0 Å². The highest BCUT2D eigenvalue weighted by molar-refractivity contribution is 6.30. The minimum atomic E-state index is -0.531. The van der Waals surface area contributed by atoms with Gasteiger partial charge in [-0.3, -0.25) is 0 Å². The second-order valence-electron chi connectivity index (χ2n) is 4.81. The van der Waals surface area contributed by atoms with Crippen molar-refractivity contribution in [1.29, 1.82) is 0 Å². The van der Waals surface area contributed by atoms with Gasteiger partial charge in [0.15, 0.2) is 0 Å². The maximum Gasteiger partial charge on any atom is 0.337 e. The zero-order valence-corrected chi connectivity index (χ0v) is 13.8. The fourth-order valence-electron chi connectivity index (χ4n) is 2.16. The van der Waals surface area contributed by atoms with E-state index in [4.69, 9.17) is 23.2 Å². The van der Waals surface area contributed by atoms with Crippen LogP contribution in [-0.4, -0.2) is 23.0 Å². The minimum absolute atomic E-state index is 0.0404. The Morgan fingerprint density at radius 1 is 1.17 bits per heavy atom. The van der Waals surface area contributed by atoms with Crippen LogP contribution < -0.4 is 5.32 Å². The standard InChI is InChI=1S/C16H10Cl2FN3O2/c1-24-15(23)8-2-4-10-13(6-8)21-16(18)22-14(10)20-12-5-3-9(17)7-11(12)19/h2-7H,1H3,(H,20,21,22). The van der Waals surface area contributed by atoms with Crippen LogP contribution in [0.1, 0.15) is 10.4 Å². The Morgan fingerprint density at radius 2 is 1.96 bits per heavy atom. The van der Waals surface area contributed by atoms with E-state index in [0.717, 1.165) is 0 Å². The monoisotopic (exact) mass is 365 g/mol. The lowest BCUT2D eigenvalue weighted by molar-refractivity contribution is 0.0601. The summed E-state index contributed by atoms with van der Waals surface area (Å²) >= 11 is 11.7. The molecule has 0 unspecified atom stereocenters. The number of hydrogen-bond donors (Lipinski definition) is 1. The van der Waals surface area contributed by atoms with Gasteiger partial charge in [-0.15, -0.1) is 0 Å². The fraction of sp³-hybridized carbons (Fsp3) is 0.0625. The molecule has 5 nitrogen and oxygen atoms in total. The fourth-order valence-corrected chi connectivity index (χ4v) is 2.49. The van der Waals surface area contributed by atoms with E-state index >= 15 is 0 Å². The van der Waals surface area contributed by atoms with Crippen molar-refractivity contribution in [2.24, 2.45) is 0 Å². The number of nitrogens with one attached hydrogen (secondary N) is 1. The number of nitrogens with zero attached hydrogens (tertiary/aromatic N) is 2. The number of anilines is 2. The van der Waals surface area contributed by atoms with Gasteiger partial charge in [-0.25, -0.2) is 14.2 Å². The number of rotatable bonds is 3. The molecule has 0 saturated carbocycles. The summed E-state index contributed by atoms with van der Waals surface area (Å²) in [6.07, 6.45) is 0. The molecule has 2 aromatic carbocycles. The van der Waals surface area contributed by atoms with E-state index < -0.39 is 11.8 Å². The van der Waals surface area contributed by atoms with E-state index in [2.05, 4.69) is 20.0 Å². The second-order valence-corrected chi connectivity index (χ2v) is 5.59. The Kier molecular flexibility index (Phi) is 4.51. The number of methoxy groups -OCH3 is 1. The van der Waals surface area contributed by atoms with Crippen molar-refractivity contribution in [1.82, 2.24) is 9.97 Å². The number of carbonyl (C=O) groups is 1. The van der Waals surface area contributed by atoms with Gasteiger partial charge in [-0.05, 0) is 48.0 Å². The van der Waals surface area contributed by atoms with Crippen molar-refractivity contribution in [2.45, 2.75) is 0 Å². The van der Waals surface area contributed by atoms with Crippen molar-refractivity contribution in [3.63, 3.8) is 0 Å². The van der Waals surface area contributed by atoms with E-state index in [-0.39, 0.29) is 16.0 Å². The Morgan fingerprint density at radius 3 is 2.67 bits per heavy atom. The van der Waals surface area contributed by atoms with Crippen LogP contribution in [0.5, 0.6) is 0 Å². The van der Waals surface area contributed by atoms with Gasteiger partial charge in [0.1, 0.15) is 11.6 Å². The lowest BCUT2D eigenvalue weighted by Gasteiger charge is -2.10. The Hall–Kier alpha value is -2.44. The predicted octanol–water partition coefficient (Wildman–Crippen LogP) is 4.61. The summed E-state index contributed by atoms with van der Waals surface area (Å²) in [5.41, 5.74) is 0.936. The molecular formula is C16H10Cl2FN3O2. The van der Waals surface area contributed by atoms with Gasteiger partial charge in [-0.1, -0.05) is 11.6 Å². The second kappa shape index (κ2) is 6.59. The molecule has 0 atom stereocenters. The first-order chi connectivity index (χ1) is 11.5. The number of carbonyl (C=O) groups excluding carboxylic acids is 1. The summed E-state index contributed by atoms with van der Waals surface area (Å²) in [5.74, 6) is -0.718. The number of benzene rings is 2. The maximum atomic E-state index is 14.0. The van der Waals surface area contributed by atoms with Gasteiger partial charge >= 0.3 is 5.97 Å². The number of hydrogen-bond acceptors (Lipinski definition) is 5. The first-order valence-corrected chi connectivity index (χ1v) is 7.51. The first kappa shape index (κ1) is 16.4. The lowest BCUT2D eigenvalue weighted by atomic mass is 10.1. The normalized spacial score (nSPS) is 10.7. The number of aromatic nitrogens is 2. The van der Waals surface area contributed by atoms with Crippen LogP contribution in [0, 0.1) is 5.82 Å². The van der Waals surface area contributed by atoms with E-state index in [9.17, 15) is 9.18 Å². The highest BCUT2D eigenvalue weighted by Gasteiger charge is 2.13. The third-order valence-electron chi connectivity index (χ3n) is 3.27. The van der Waals surface area contributed by atoms with Crippen LogP contribution in [0.4, 0.5) is 15.9 Å². The van der Waals surface area contributed by atoms with E-state index in [1.54, 1.807) is 18.2 Å². The van der Waals surface area contributed by atoms with Gasteiger partial charge < -0.3 is 10.1 Å². The lowest BCUT2D eigenvalue weighted by Crippen LogP contribution is -2.03. The molecule has 0 aliphatic heterocycles. The summed E-state index contributed by atoms with van der Waals surface area (Å²) < 4.78 is 18.6. The molecule has 0 amide bonds. The summed E-state index contributed by atoms with van der Waals surface area (Å²) in [7, 11) is 1.29. The van der Waals surface area contributed by atoms with Crippen LogP contribution in [0.25, 0.3) is 10.9 Å². The molecule has 8 heteroatoms. The SMILES string of the molecule is COC(=O)c1ccc2c(Nc3ccc(Cl)cc3F)nc(Cl)nc2c1. The van der Waals surface area contributed by atoms with E-state index in [1.807, 2.05) is 0 Å². The van der Waals surface area contributed by atoms with Crippen molar-refractivity contribution in [2.75, 3.05) is 12.4 Å². The third-order valence-corrected chi connectivity index (χ3v) is 3.68. The number of esters is 1. The predicted molar refractivity (Wildman–Crippen MR) is 90.6 cm³/mol. The Balaban J connectivity index is 2.08. The van der Waals surface area contributed by atoms with Gasteiger partial charge in [0, 0.05) is 10.4 Å². The molecule has 1 aromatic heterocycles. The summed E-state index contributed by atoms with van der Waals surface area (Å²) in [4.78, 5) is 19.8. The van der Waals surface area contributed by atoms with E-state index in [0.29, 0.717) is 22.3 Å². The molecule has 0 fully saturated rings. The van der Waals surface area contributed by atoms with Gasteiger partial charge in [0.2, 0.25) is 5.28 Å². The number of halogens is 3. The topological polar surface area (TPSA) is 64.1 Å². The van der Waals surface area contributed by atoms with Crippen molar-refractivity contribution < 1.29 is 13.9 Å². The van der Waals surface area contributed by atoms with E-state index in [1.165, 1.54) is 25.3 Å². The van der Waals surface area contributed by atoms with Crippen molar-refractivity contribution in [3.05, 3.63) is 58.1 Å². The maximum absolute atomic E-state index is 14.0. The van der Waals surface area contributed by atoms with Crippen LogP contribution in [-0.2, 0) is 4.74 Å². The van der Waals surface area contributed by atoms with Gasteiger partial charge in [0.05, 0.1) is 23.9 Å². The van der Waals surface area contributed by atoms with Crippen molar-refractivity contribution in [3.8, 4) is 0 Å². The highest BCUT2D eigenvalue weighted by Crippen LogP contribution is 2.28.